The molecule has 0 saturated heterocycles. The van der Waals surface area contributed by atoms with Gasteiger partial charge in [0.05, 0.1) is 7.11 Å². The second-order valence-electron chi connectivity index (χ2n) is 4.32. The Hall–Kier alpha value is -2.69. The predicted octanol–water partition coefficient (Wildman–Crippen LogP) is 3.24. The zero-order valence-corrected chi connectivity index (χ0v) is 11.3. The molecule has 0 bridgehead atoms. The smallest absolute Gasteiger partial charge is 0.248 e. The van der Waals surface area contributed by atoms with E-state index in [1.54, 1.807) is 18.2 Å². The molecular formula is C16H13F2NO2. The van der Waals surface area contributed by atoms with E-state index in [-0.39, 0.29) is 5.56 Å². The number of methoxy groups -OCH3 is 1. The normalized spacial score (nSPS) is 10.8. The number of rotatable bonds is 4. The van der Waals surface area contributed by atoms with Gasteiger partial charge in [-0.1, -0.05) is 12.2 Å². The Morgan fingerprint density at radius 3 is 2.43 bits per heavy atom. The first-order valence-corrected chi connectivity index (χ1v) is 6.12. The number of amides is 1. The van der Waals surface area contributed by atoms with Crippen LogP contribution >= 0.6 is 0 Å². The van der Waals surface area contributed by atoms with Gasteiger partial charge in [-0.2, -0.15) is 0 Å². The molecule has 3 nitrogen and oxygen atoms in total. The molecule has 0 atom stereocenters. The van der Waals surface area contributed by atoms with Gasteiger partial charge in [0.25, 0.3) is 0 Å². The Morgan fingerprint density at radius 1 is 1.10 bits per heavy atom. The number of ether oxygens (including phenoxy) is 1. The third-order valence-electron chi connectivity index (χ3n) is 2.92. The molecule has 2 rings (SSSR count). The van der Waals surface area contributed by atoms with Gasteiger partial charge in [0.15, 0.2) is 0 Å². The first-order valence-electron chi connectivity index (χ1n) is 6.12. The minimum Gasteiger partial charge on any atom is -0.496 e. The summed E-state index contributed by atoms with van der Waals surface area (Å²) < 4.78 is 31.5. The van der Waals surface area contributed by atoms with Crippen molar-refractivity contribution in [2.24, 2.45) is 5.73 Å². The van der Waals surface area contributed by atoms with Crippen molar-refractivity contribution in [1.29, 1.82) is 0 Å². The number of hydrogen-bond donors (Lipinski definition) is 1. The summed E-state index contributed by atoms with van der Waals surface area (Å²) in [5.74, 6) is -1.37. The van der Waals surface area contributed by atoms with Gasteiger partial charge in [-0.05, 0) is 30.3 Å². The van der Waals surface area contributed by atoms with Crippen molar-refractivity contribution in [2.75, 3.05) is 7.11 Å². The molecule has 0 fully saturated rings. The second-order valence-corrected chi connectivity index (χ2v) is 4.32. The van der Waals surface area contributed by atoms with Gasteiger partial charge in [0, 0.05) is 22.8 Å². The molecule has 0 heterocycles. The predicted molar refractivity (Wildman–Crippen MR) is 76.8 cm³/mol. The van der Waals surface area contributed by atoms with E-state index in [1.165, 1.54) is 31.4 Å². The zero-order chi connectivity index (χ0) is 15.4. The number of carbonyl (C=O) groups excluding carboxylic acids is 1. The molecule has 0 saturated carbocycles. The summed E-state index contributed by atoms with van der Waals surface area (Å²) >= 11 is 0. The third-order valence-corrected chi connectivity index (χ3v) is 2.92. The summed E-state index contributed by atoms with van der Waals surface area (Å²) in [7, 11) is 1.48. The SMILES string of the molecule is COc1ccc(C(N)=O)cc1/C=C/c1ccc(F)cc1F. The Balaban J connectivity index is 2.39. The number of halogens is 2. The Labute approximate surface area is 120 Å². The van der Waals surface area contributed by atoms with Crippen molar-refractivity contribution in [2.45, 2.75) is 0 Å². The minimum absolute atomic E-state index is 0.225. The van der Waals surface area contributed by atoms with Crippen LogP contribution < -0.4 is 10.5 Å². The van der Waals surface area contributed by atoms with E-state index in [4.69, 9.17) is 10.5 Å². The van der Waals surface area contributed by atoms with Gasteiger partial charge >= 0.3 is 0 Å². The summed E-state index contributed by atoms with van der Waals surface area (Å²) in [5, 5.41) is 0. The van der Waals surface area contributed by atoms with Crippen LogP contribution in [0.3, 0.4) is 0 Å². The van der Waals surface area contributed by atoms with E-state index in [9.17, 15) is 13.6 Å². The fourth-order valence-electron chi connectivity index (χ4n) is 1.83. The van der Waals surface area contributed by atoms with Crippen LogP contribution in [-0.2, 0) is 0 Å². The van der Waals surface area contributed by atoms with Crippen LogP contribution in [0.1, 0.15) is 21.5 Å². The number of hydrogen-bond acceptors (Lipinski definition) is 2. The molecule has 0 aliphatic heterocycles. The third kappa shape index (κ3) is 3.45. The van der Waals surface area contributed by atoms with Gasteiger partial charge < -0.3 is 10.5 Å². The van der Waals surface area contributed by atoms with E-state index < -0.39 is 17.5 Å². The van der Waals surface area contributed by atoms with Crippen molar-refractivity contribution in [3.63, 3.8) is 0 Å². The summed E-state index contributed by atoms with van der Waals surface area (Å²) in [4.78, 5) is 11.2. The van der Waals surface area contributed by atoms with Gasteiger partial charge in [-0.25, -0.2) is 8.78 Å². The first-order chi connectivity index (χ1) is 10.0. The van der Waals surface area contributed by atoms with E-state index >= 15 is 0 Å². The quantitative estimate of drug-likeness (QED) is 0.878. The molecule has 0 unspecified atom stereocenters. The van der Waals surface area contributed by atoms with E-state index in [1.807, 2.05) is 0 Å². The summed E-state index contributed by atoms with van der Waals surface area (Å²) in [6.07, 6.45) is 3.04. The van der Waals surface area contributed by atoms with Crippen LogP contribution in [0.4, 0.5) is 8.78 Å². The van der Waals surface area contributed by atoms with Crippen molar-refractivity contribution >= 4 is 18.1 Å². The van der Waals surface area contributed by atoms with Crippen LogP contribution in [0.2, 0.25) is 0 Å². The number of carbonyl (C=O) groups is 1. The topological polar surface area (TPSA) is 52.3 Å². The molecule has 108 valence electrons. The summed E-state index contributed by atoms with van der Waals surface area (Å²) in [6.45, 7) is 0. The fourth-order valence-corrected chi connectivity index (χ4v) is 1.83. The van der Waals surface area contributed by atoms with Crippen LogP contribution in [0.25, 0.3) is 12.2 Å². The molecule has 0 spiro atoms. The van der Waals surface area contributed by atoms with Gasteiger partial charge in [0.1, 0.15) is 17.4 Å². The molecule has 1 amide bonds. The lowest BCUT2D eigenvalue weighted by atomic mass is 10.1. The van der Waals surface area contributed by atoms with Crippen LogP contribution in [0.5, 0.6) is 5.75 Å². The maximum atomic E-state index is 13.5. The molecule has 2 aromatic rings. The molecule has 2 aromatic carbocycles. The maximum Gasteiger partial charge on any atom is 0.248 e. The monoisotopic (exact) mass is 289 g/mol. The van der Waals surface area contributed by atoms with E-state index in [0.717, 1.165) is 6.07 Å². The summed E-state index contributed by atoms with van der Waals surface area (Å²) in [6, 6.07) is 7.97. The van der Waals surface area contributed by atoms with Crippen molar-refractivity contribution in [3.8, 4) is 5.75 Å². The molecule has 0 aromatic heterocycles. The average molecular weight is 289 g/mol. The van der Waals surface area contributed by atoms with Gasteiger partial charge in [-0.3, -0.25) is 4.79 Å². The van der Waals surface area contributed by atoms with Crippen LogP contribution in [-0.4, -0.2) is 13.0 Å². The van der Waals surface area contributed by atoms with Crippen molar-refractivity contribution < 1.29 is 18.3 Å². The molecule has 0 aliphatic rings. The van der Waals surface area contributed by atoms with E-state index in [0.29, 0.717) is 16.9 Å². The number of primary amides is 1. The lowest BCUT2D eigenvalue weighted by molar-refractivity contribution is 0.1000. The lowest BCUT2D eigenvalue weighted by Crippen LogP contribution is -2.10. The Morgan fingerprint density at radius 2 is 1.81 bits per heavy atom. The molecule has 21 heavy (non-hydrogen) atoms. The summed E-state index contributed by atoms with van der Waals surface area (Å²) in [5.41, 5.74) is 6.32. The molecular weight excluding hydrogens is 276 g/mol. The fraction of sp³-hybridized carbons (Fsp3) is 0.0625. The lowest BCUT2D eigenvalue weighted by Gasteiger charge is -2.06. The van der Waals surface area contributed by atoms with Crippen molar-refractivity contribution in [1.82, 2.24) is 0 Å². The zero-order valence-electron chi connectivity index (χ0n) is 11.3. The number of benzene rings is 2. The van der Waals surface area contributed by atoms with E-state index in [2.05, 4.69) is 0 Å². The molecule has 5 heteroatoms. The van der Waals surface area contributed by atoms with Crippen LogP contribution in [0.15, 0.2) is 36.4 Å². The Kier molecular flexibility index (Phi) is 4.33. The van der Waals surface area contributed by atoms with Gasteiger partial charge in [-0.15, -0.1) is 0 Å². The number of nitrogens with two attached hydrogens (primary N) is 1. The highest BCUT2D eigenvalue weighted by molar-refractivity contribution is 5.94. The highest BCUT2D eigenvalue weighted by Crippen LogP contribution is 2.23. The molecule has 0 aliphatic carbocycles. The molecule has 0 radical (unpaired) electrons. The second kappa shape index (κ2) is 6.17. The van der Waals surface area contributed by atoms with Gasteiger partial charge in [0.2, 0.25) is 5.91 Å². The largest absolute Gasteiger partial charge is 0.496 e. The maximum absolute atomic E-state index is 13.5. The first kappa shape index (κ1) is 14.7. The average Bonchev–Trinajstić information content (AvgIpc) is 2.46. The highest BCUT2D eigenvalue weighted by atomic mass is 19.1. The minimum atomic E-state index is -0.670. The van der Waals surface area contributed by atoms with Crippen molar-refractivity contribution in [3.05, 3.63) is 64.7 Å². The Bertz CT molecular complexity index is 711. The standard InChI is InChI=1S/C16H13F2NO2/c1-21-15-7-5-12(16(19)20)8-11(15)3-2-10-4-6-13(17)9-14(10)18/h2-9H,1H3,(H2,19,20)/b3-2+. The van der Waals surface area contributed by atoms with Crippen LogP contribution in [0, 0.1) is 11.6 Å². The molecule has 2 N–H and O–H groups in total. The highest BCUT2D eigenvalue weighted by Gasteiger charge is 2.06.